The van der Waals surface area contributed by atoms with Crippen LogP contribution in [-0.4, -0.2) is 44.4 Å². The maximum Gasteiger partial charge on any atom is 0.456 e. The Hall–Kier alpha value is -5.14. The molecule has 6 N–H and O–H groups in total. The highest BCUT2D eigenvalue weighted by molar-refractivity contribution is 6.01. The van der Waals surface area contributed by atoms with Crippen molar-refractivity contribution in [3.63, 3.8) is 0 Å². The monoisotopic (exact) mass is 535 g/mol. The van der Waals surface area contributed by atoms with Gasteiger partial charge in [0.05, 0.1) is 11.1 Å². The molecular formula is C26H21N3O10. The molecule has 6 rings (SSSR count). The Morgan fingerprint density at radius 2 is 1.69 bits per heavy atom. The summed E-state index contributed by atoms with van der Waals surface area (Å²) < 4.78 is 12.0. The van der Waals surface area contributed by atoms with E-state index in [4.69, 9.17) is 20.4 Å². The van der Waals surface area contributed by atoms with Crippen LogP contribution in [0.1, 0.15) is 45.5 Å². The number of benzene rings is 3. The molecule has 13 heteroatoms. The number of phenolic OH excluding ortho intramolecular Hbond substituents is 2. The summed E-state index contributed by atoms with van der Waals surface area (Å²) in [7, 11) is 0. The highest BCUT2D eigenvalue weighted by Gasteiger charge is 2.54. The van der Waals surface area contributed by atoms with Crippen LogP contribution in [0, 0.1) is 0 Å². The number of ether oxygens (including phenoxy) is 2. The van der Waals surface area contributed by atoms with Crippen LogP contribution in [0.2, 0.25) is 0 Å². The summed E-state index contributed by atoms with van der Waals surface area (Å²) in [4.78, 5) is 48.6. The molecule has 1 unspecified atom stereocenters. The topological polar surface area (TPSA) is 198 Å². The second kappa shape index (κ2) is 9.63. The normalized spacial score (nSPS) is 18.3. The number of aromatic hydroxyl groups is 2. The second-order valence-electron chi connectivity index (χ2n) is 8.62. The summed E-state index contributed by atoms with van der Waals surface area (Å²) in [5.74, 6) is -0.952. The number of phenols is 2. The maximum absolute atomic E-state index is 12.7. The van der Waals surface area contributed by atoms with Gasteiger partial charge in [-0.25, -0.2) is 15.1 Å². The molecule has 13 nitrogen and oxygen atoms in total. The molecular weight excluding hydrogens is 514 g/mol. The lowest BCUT2D eigenvalue weighted by Crippen LogP contribution is -2.35. The molecule has 200 valence electrons. The molecule has 1 spiro atoms. The second-order valence-corrected chi connectivity index (χ2v) is 8.62. The number of nitrogens with zero attached hydrogens (tertiary/aromatic N) is 1. The van der Waals surface area contributed by atoms with E-state index in [0.29, 0.717) is 44.4 Å². The first-order chi connectivity index (χ1) is 18.7. The quantitative estimate of drug-likeness (QED) is 0.140. The number of nitrogens with one attached hydrogen (secondary N) is 1. The van der Waals surface area contributed by atoms with Gasteiger partial charge < -0.3 is 30.3 Å². The third kappa shape index (κ3) is 4.05. The molecule has 0 aromatic heterocycles. The summed E-state index contributed by atoms with van der Waals surface area (Å²) in [5, 5.41) is 28.5. The largest absolute Gasteiger partial charge is 0.508 e. The van der Waals surface area contributed by atoms with Crippen LogP contribution in [0.5, 0.6) is 23.0 Å². The molecule has 3 aromatic rings. The molecule has 3 amide bonds. The van der Waals surface area contributed by atoms with E-state index in [-0.39, 0.29) is 30.9 Å². The van der Waals surface area contributed by atoms with Gasteiger partial charge in [0.15, 0.2) is 5.60 Å². The van der Waals surface area contributed by atoms with Crippen LogP contribution in [0.15, 0.2) is 54.6 Å². The van der Waals surface area contributed by atoms with Gasteiger partial charge in [-0.15, -0.1) is 5.06 Å². The van der Waals surface area contributed by atoms with Gasteiger partial charge in [-0.1, -0.05) is 18.2 Å². The predicted molar refractivity (Wildman–Crippen MR) is 128 cm³/mol. The molecule has 1 saturated heterocycles. The number of imide groups is 1. The van der Waals surface area contributed by atoms with Crippen molar-refractivity contribution in [2.75, 3.05) is 0 Å². The van der Waals surface area contributed by atoms with Crippen molar-refractivity contribution >= 4 is 23.9 Å². The van der Waals surface area contributed by atoms with Crippen molar-refractivity contribution in [2.45, 2.75) is 25.0 Å². The van der Waals surface area contributed by atoms with Crippen LogP contribution in [0.25, 0.3) is 0 Å². The highest BCUT2D eigenvalue weighted by Crippen LogP contribution is 2.57. The Bertz CT molecular complexity index is 1520. The Morgan fingerprint density at radius 1 is 1.00 bits per heavy atom. The molecule has 0 saturated carbocycles. The number of amides is 3. The third-order valence-electron chi connectivity index (χ3n) is 6.42. The fourth-order valence-electron chi connectivity index (χ4n) is 4.73. The van der Waals surface area contributed by atoms with Crippen LogP contribution in [0.3, 0.4) is 0 Å². The molecule has 39 heavy (non-hydrogen) atoms. The molecule has 0 aliphatic carbocycles. The van der Waals surface area contributed by atoms with Crippen LogP contribution in [0.4, 0.5) is 4.79 Å². The highest BCUT2D eigenvalue weighted by atomic mass is 16.8. The average molecular weight is 535 g/mol. The standard InChI is InChI=1S/C21H15NO5.C5H6N2O5/c22-10-13-17(24)8-7-16-19(13)26-18-9-11(23)5-6-15(18)21(16)14-4-2-1-3-12(14)20(25)27-21;8-3-1-2-4(9)7(3)12-5(10)6-11/h1-9,23-24H,10,22H2;11H,1-2H2,(H,6,10). The number of esters is 1. The van der Waals surface area contributed by atoms with Crippen LogP contribution < -0.4 is 16.0 Å². The van der Waals surface area contributed by atoms with Crippen LogP contribution in [-0.2, 0) is 31.3 Å². The number of carbonyl (C=O) groups excluding carboxylic acids is 4. The summed E-state index contributed by atoms with van der Waals surface area (Å²) in [6, 6.07) is 15.0. The molecule has 3 heterocycles. The van der Waals surface area contributed by atoms with E-state index in [1.54, 1.807) is 24.3 Å². The van der Waals surface area contributed by atoms with E-state index in [2.05, 4.69) is 4.84 Å². The average Bonchev–Trinajstić information content (AvgIpc) is 3.40. The van der Waals surface area contributed by atoms with Crippen molar-refractivity contribution in [1.29, 1.82) is 0 Å². The smallest absolute Gasteiger partial charge is 0.456 e. The molecule has 3 aliphatic heterocycles. The van der Waals surface area contributed by atoms with E-state index in [0.717, 1.165) is 5.48 Å². The van der Waals surface area contributed by atoms with Gasteiger partial charge >= 0.3 is 12.1 Å². The lowest BCUT2D eigenvalue weighted by atomic mass is 9.77. The zero-order chi connectivity index (χ0) is 27.9. The summed E-state index contributed by atoms with van der Waals surface area (Å²) in [6.45, 7) is 0.0365. The Balaban J connectivity index is 0.000000217. The number of carbonyl (C=O) groups is 4. The Morgan fingerprint density at radius 3 is 2.38 bits per heavy atom. The fourth-order valence-corrected chi connectivity index (χ4v) is 4.73. The first-order valence-corrected chi connectivity index (χ1v) is 11.6. The molecule has 0 bridgehead atoms. The zero-order valence-electron chi connectivity index (χ0n) is 20.0. The number of hydrogen-bond acceptors (Lipinski definition) is 11. The Labute approximate surface area is 219 Å². The van der Waals surface area contributed by atoms with E-state index in [1.807, 2.05) is 12.1 Å². The van der Waals surface area contributed by atoms with Gasteiger partial charge in [-0.2, -0.15) is 0 Å². The minimum atomic E-state index is -1.27. The summed E-state index contributed by atoms with van der Waals surface area (Å²) >= 11 is 0. The van der Waals surface area contributed by atoms with Crippen molar-refractivity contribution in [2.24, 2.45) is 5.73 Å². The maximum atomic E-state index is 12.7. The predicted octanol–water partition coefficient (Wildman–Crippen LogP) is 2.29. The van der Waals surface area contributed by atoms with Gasteiger partial charge in [0.1, 0.15) is 23.0 Å². The number of hydrogen-bond donors (Lipinski definition) is 5. The van der Waals surface area contributed by atoms with Crippen molar-refractivity contribution in [3.8, 4) is 23.0 Å². The van der Waals surface area contributed by atoms with Crippen molar-refractivity contribution in [3.05, 3.63) is 82.4 Å². The summed E-state index contributed by atoms with van der Waals surface area (Å²) in [6.07, 6.45) is -1.21. The van der Waals surface area contributed by atoms with Crippen molar-refractivity contribution < 1.29 is 48.9 Å². The minimum Gasteiger partial charge on any atom is -0.508 e. The van der Waals surface area contributed by atoms with Crippen LogP contribution >= 0.6 is 0 Å². The van der Waals surface area contributed by atoms with E-state index in [9.17, 15) is 29.4 Å². The van der Waals surface area contributed by atoms with E-state index in [1.165, 1.54) is 18.2 Å². The fraction of sp³-hybridized carbons (Fsp3) is 0.154. The molecule has 3 aromatic carbocycles. The number of hydroxylamine groups is 3. The zero-order valence-corrected chi connectivity index (χ0v) is 20.0. The molecule has 0 radical (unpaired) electrons. The first kappa shape index (κ1) is 25.5. The molecule has 1 fully saturated rings. The third-order valence-corrected chi connectivity index (χ3v) is 6.42. The van der Waals surface area contributed by atoms with Crippen molar-refractivity contribution in [1.82, 2.24) is 10.5 Å². The Kier molecular flexibility index (Phi) is 6.30. The van der Waals surface area contributed by atoms with E-state index < -0.39 is 29.5 Å². The SMILES string of the molecule is NCc1c(O)ccc2c1Oc1cc(O)ccc1C21OC(=O)c2ccccc21.O=C(NO)ON1C(=O)CCC1=O. The number of nitrogens with two attached hydrogens (primary N) is 1. The lowest BCUT2D eigenvalue weighted by Gasteiger charge is -2.37. The van der Waals surface area contributed by atoms with Gasteiger partial charge in [-0.3, -0.25) is 14.8 Å². The van der Waals surface area contributed by atoms with E-state index >= 15 is 0 Å². The molecule has 1 atom stereocenters. The first-order valence-electron chi connectivity index (χ1n) is 11.6. The van der Waals surface area contributed by atoms with Gasteiger partial charge in [0.2, 0.25) is 0 Å². The van der Waals surface area contributed by atoms with Gasteiger partial charge in [0, 0.05) is 42.1 Å². The lowest BCUT2D eigenvalue weighted by molar-refractivity contribution is -0.173. The van der Waals surface area contributed by atoms with Gasteiger partial charge in [0.25, 0.3) is 11.8 Å². The molecule has 3 aliphatic rings. The number of rotatable bonds is 2. The number of fused-ring (bicyclic) bond motifs is 6. The van der Waals surface area contributed by atoms with Gasteiger partial charge in [-0.05, 0) is 30.3 Å². The summed E-state index contributed by atoms with van der Waals surface area (Å²) in [5.41, 5.74) is 8.46. The minimum absolute atomic E-state index is 0.00684.